The molecule has 1 N–H and O–H groups in total. The molecule has 4 aromatic rings. The molecule has 40 heavy (non-hydrogen) atoms. The first-order valence-corrected chi connectivity index (χ1v) is 14.0. The van der Waals surface area contributed by atoms with Crippen LogP contribution < -0.4 is 9.64 Å². The minimum atomic E-state index is -0.310. The molecule has 6 rings (SSSR count). The molecule has 1 aromatic heterocycles. The van der Waals surface area contributed by atoms with Gasteiger partial charge in [0.05, 0.1) is 36.6 Å². The number of nitrogens with zero attached hydrogens (tertiary/aromatic N) is 3. The van der Waals surface area contributed by atoms with Crippen molar-refractivity contribution in [3.8, 4) is 5.75 Å². The highest BCUT2D eigenvalue weighted by Gasteiger charge is 2.33. The van der Waals surface area contributed by atoms with Crippen molar-refractivity contribution in [3.63, 3.8) is 0 Å². The number of rotatable bonds is 7. The first-order chi connectivity index (χ1) is 19.6. The van der Waals surface area contributed by atoms with Gasteiger partial charge in [-0.2, -0.15) is 0 Å². The van der Waals surface area contributed by atoms with Crippen molar-refractivity contribution in [2.45, 2.75) is 6.42 Å². The summed E-state index contributed by atoms with van der Waals surface area (Å²) in [4.78, 5) is 25.9. The third-order valence-electron chi connectivity index (χ3n) is 7.09. The molecular weight excluding hydrogens is 527 g/mol. The number of methoxy groups -OCH3 is 1. The normalized spacial score (nSPS) is 17.9. The summed E-state index contributed by atoms with van der Waals surface area (Å²) in [6.45, 7) is 2.94. The molecule has 204 valence electrons. The lowest BCUT2D eigenvalue weighted by molar-refractivity contribution is -0.122. The highest BCUT2D eigenvalue weighted by molar-refractivity contribution is 8.18. The average molecular weight is 557 g/mol. The number of amidine groups is 1. The molecule has 2 fully saturated rings. The number of morpholine rings is 1. The molecule has 3 aromatic carbocycles. The monoisotopic (exact) mass is 556 g/mol. The number of ether oxygens (including phenoxy) is 2. The largest absolute Gasteiger partial charge is 0.497 e. The number of hydrogen-bond donors (Lipinski definition) is 1. The summed E-state index contributed by atoms with van der Waals surface area (Å²) < 4.78 is 25.7. The molecule has 0 saturated carbocycles. The summed E-state index contributed by atoms with van der Waals surface area (Å²) in [5.74, 6) is 0.281. The van der Waals surface area contributed by atoms with Crippen LogP contribution in [0.4, 0.5) is 15.8 Å². The predicted octanol–water partition coefficient (Wildman–Crippen LogP) is 6.00. The van der Waals surface area contributed by atoms with E-state index in [1.807, 2.05) is 59.6 Å². The van der Waals surface area contributed by atoms with Crippen LogP contribution in [0.5, 0.6) is 5.75 Å². The number of para-hydroxylation sites is 1. The highest BCUT2D eigenvalue weighted by atomic mass is 32.2. The fourth-order valence-corrected chi connectivity index (χ4v) is 5.98. The maximum Gasteiger partial charge on any atom is 0.266 e. The number of carbonyl (C=O) groups is 1. The van der Waals surface area contributed by atoms with Gasteiger partial charge in [-0.1, -0.05) is 24.3 Å². The summed E-state index contributed by atoms with van der Waals surface area (Å²) in [6, 6.07) is 20.6. The Morgan fingerprint density at radius 2 is 1.90 bits per heavy atom. The Hall–Kier alpha value is -4.08. The van der Waals surface area contributed by atoms with E-state index < -0.39 is 0 Å². The minimum Gasteiger partial charge on any atom is -0.497 e. The molecular formula is C31H29FN4O3S. The summed E-state index contributed by atoms with van der Waals surface area (Å²) in [5, 5.41) is 1.73. The van der Waals surface area contributed by atoms with Crippen LogP contribution in [-0.4, -0.2) is 60.9 Å². The maximum atomic E-state index is 15.1. The van der Waals surface area contributed by atoms with Crippen LogP contribution in [0.15, 0.2) is 82.8 Å². The van der Waals surface area contributed by atoms with Gasteiger partial charge < -0.3 is 19.4 Å². The zero-order valence-corrected chi connectivity index (χ0v) is 22.9. The second-order valence-corrected chi connectivity index (χ2v) is 10.6. The number of anilines is 1. The van der Waals surface area contributed by atoms with Gasteiger partial charge in [-0.3, -0.25) is 9.69 Å². The Balaban J connectivity index is 1.28. The number of thioether (sulfide) groups is 1. The predicted molar refractivity (Wildman–Crippen MR) is 159 cm³/mol. The Kier molecular flexibility index (Phi) is 7.57. The van der Waals surface area contributed by atoms with Crippen molar-refractivity contribution < 1.29 is 18.7 Å². The summed E-state index contributed by atoms with van der Waals surface area (Å²) in [5.41, 5.74) is 4.10. The van der Waals surface area contributed by atoms with Crippen LogP contribution >= 0.6 is 11.8 Å². The van der Waals surface area contributed by atoms with E-state index in [0.29, 0.717) is 60.6 Å². The van der Waals surface area contributed by atoms with Crippen LogP contribution in [0.2, 0.25) is 0 Å². The molecule has 3 heterocycles. The van der Waals surface area contributed by atoms with Crippen molar-refractivity contribution >= 4 is 51.2 Å². The van der Waals surface area contributed by atoms with E-state index in [4.69, 9.17) is 14.5 Å². The average Bonchev–Trinajstić information content (AvgIpc) is 3.53. The molecule has 2 aliphatic rings. The molecule has 9 heteroatoms. The van der Waals surface area contributed by atoms with Gasteiger partial charge in [0, 0.05) is 36.7 Å². The fraction of sp³-hybridized carbons (Fsp3) is 0.226. The van der Waals surface area contributed by atoms with Gasteiger partial charge in [0.2, 0.25) is 0 Å². The number of H-pyrrole nitrogens is 1. The maximum absolute atomic E-state index is 15.1. The first kappa shape index (κ1) is 26.2. The van der Waals surface area contributed by atoms with Gasteiger partial charge in [0.25, 0.3) is 5.91 Å². The van der Waals surface area contributed by atoms with Crippen LogP contribution in [-0.2, 0) is 16.0 Å². The van der Waals surface area contributed by atoms with E-state index in [9.17, 15) is 4.79 Å². The van der Waals surface area contributed by atoms with Gasteiger partial charge in [-0.15, -0.1) is 0 Å². The van der Waals surface area contributed by atoms with Crippen molar-refractivity contribution in [1.29, 1.82) is 0 Å². The molecule has 0 unspecified atom stereocenters. The molecule has 1 amide bonds. The number of benzene rings is 3. The lowest BCUT2D eigenvalue weighted by Gasteiger charge is -2.29. The van der Waals surface area contributed by atoms with Crippen molar-refractivity contribution in [2.75, 3.05) is 44.9 Å². The Labute approximate surface area is 236 Å². The topological polar surface area (TPSA) is 70.2 Å². The van der Waals surface area contributed by atoms with Gasteiger partial charge in [0.15, 0.2) is 5.17 Å². The number of hydrogen-bond acceptors (Lipinski definition) is 6. The number of aromatic amines is 1. The van der Waals surface area contributed by atoms with Crippen LogP contribution in [0, 0.1) is 5.82 Å². The molecule has 0 spiro atoms. The number of aromatic nitrogens is 1. The van der Waals surface area contributed by atoms with E-state index in [1.165, 1.54) is 17.8 Å². The van der Waals surface area contributed by atoms with E-state index in [2.05, 4.69) is 11.1 Å². The second kappa shape index (κ2) is 11.6. The number of fused-ring (bicyclic) bond motifs is 1. The minimum absolute atomic E-state index is 0.144. The smallest absolute Gasteiger partial charge is 0.266 e. The highest BCUT2D eigenvalue weighted by Crippen LogP contribution is 2.35. The molecule has 0 bridgehead atoms. The van der Waals surface area contributed by atoms with Gasteiger partial charge >= 0.3 is 0 Å². The lowest BCUT2D eigenvalue weighted by Crippen LogP contribution is -2.36. The molecule has 0 aliphatic carbocycles. The molecule has 2 saturated heterocycles. The van der Waals surface area contributed by atoms with Crippen molar-refractivity contribution in [3.05, 3.63) is 94.8 Å². The van der Waals surface area contributed by atoms with Gasteiger partial charge in [-0.05, 0) is 77.9 Å². The number of nitrogens with one attached hydrogen (secondary N) is 1. The molecule has 7 nitrogen and oxygen atoms in total. The zero-order valence-electron chi connectivity index (χ0n) is 22.1. The van der Waals surface area contributed by atoms with Gasteiger partial charge in [-0.25, -0.2) is 9.38 Å². The summed E-state index contributed by atoms with van der Waals surface area (Å²) in [7, 11) is 1.62. The van der Waals surface area contributed by atoms with Crippen molar-refractivity contribution in [1.82, 2.24) is 9.88 Å². The van der Waals surface area contributed by atoms with E-state index in [0.717, 1.165) is 27.9 Å². The summed E-state index contributed by atoms with van der Waals surface area (Å²) >= 11 is 1.30. The molecule has 0 radical (unpaired) electrons. The van der Waals surface area contributed by atoms with Crippen LogP contribution in [0.3, 0.4) is 0 Å². The number of halogens is 1. The second-order valence-electron chi connectivity index (χ2n) is 9.58. The quantitative estimate of drug-likeness (QED) is 0.283. The number of aliphatic imine (C=N–C) groups is 1. The van der Waals surface area contributed by atoms with Crippen molar-refractivity contribution in [2.24, 2.45) is 4.99 Å². The standard InChI is InChI=1S/C31H29FN4O3S/c1-38-24-9-7-23(8-10-24)34-31-36(13-12-22-20-33-27-5-3-2-4-25(22)27)30(37)29(40-31)19-21-6-11-28(26(32)18-21)35-14-16-39-17-15-35/h2-11,18-20,33H,12-17H2,1H3/b29-19-,34-31?. The van der Waals surface area contributed by atoms with E-state index in [-0.39, 0.29) is 11.7 Å². The molecule has 2 aliphatic heterocycles. The van der Waals surface area contributed by atoms with E-state index >= 15 is 4.39 Å². The Bertz CT molecular complexity index is 1590. The van der Waals surface area contributed by atoms with Crippen LogP contribution in [0.1, 0.15) is 11.1 Å². The van der Waals surface area contributed by atoms with Crippen LogP contribution in [0.25, 0.3) is 17.0 Å². The SMILES string of the molecule is COc1ccc(N=C2S/C(=C\c3ccc(N4CCOCC4)c(F)c3)C(=O)N2CCc2c[nH]c3ccccc23)cc1. The van der Waals surface area contributed by atoms with Gasteiger partial charge in [0.1, 0.15) is 11.6 Å². The fourth-order valence-electron chi connectivity index (χ4n) is 4.95. The Morgan fingerprint density at radius 3 is 2.67 bits per heavy atom. The third-order valence-corrected chi connectivity index (χ3v) is 8.09. The van der Waals surface area contributed by atoms with E-state index in [1.54, 1.807) is 24.2 Å². The Morgan fingerprint density at radius 1 is 1.10 bits per heavy atom. The first-order valence-electron chi connectivity index (χ1n) is 13.2. The lowest BCUT2D eigenvalue weighted by atomic mass is 10.1. The number of amides is 1. The molecule has 0 atom stereocenters. The number of carbonyl (C=O) groups excluding carboxylic acids is 1. The summed E-state index contributed by atoms with van der Waals surface area (Å²) in [6.07, 6.45) is 4.40. The third kappa shape index (κ3) is 5.48. The zero-order chi connectivity index (χ0) is 27.5.